The number of alkyl halides is 6. The minimum absolute atomic E-state index is 1.06. The Kier molecular flexibility index (Phi) is 5.81. The number of hydrogen-bond acceptors (Lipinski definition) is 2. The van der Waals surface area contributed by atoms with Gasteiger partial charge in [-0.15, -0.1) is 0 Å². The predicted molar refractivity (Wildman–Crippen MR) is 63.9 cm³/mol. The third-order valence-electron chi connectivity index (χ3n) is 3.38. The summed E-state index contributed by atoms with van der Waals surface area (Å²) in [5, 5.41) is 17.8. The highest BCUT2D eigenvalue weighted by atomic mass is 19.4. The van der Waals surface area contributed by atoms with E-state index in [4.69, 9.17) is 10.5 Å². The van der Waals surface area contributed by atoms with E-state index in [9.17, 15) is 43.9 Å². The quantitative estimate of drug-likeness (QED) is 0.524. The van der Waals surface area contributed by atoms with Gasteiger partial charge in [-0.2, -0.15) is 36.9 Å². The first-order valence-electron chi connectivity index (χ1n) is 6.50. The summed E-state index contributed by atoms with van der Waals surface area (Å²) in [6.07, 6.45) is -15.3. The number of rotatable bonds is 4. The monoisotopic (exact) mass is 392 g/mol. The number of halogens is 10. The lowest BCUT2D eigenvalue weighted by Crippen LogP contribution is -2.26. The highest BCUT2D eigenvalue weighted by Crippen LogP contribution is 2.40. The Balaban J connectivity index is 3.49. The van der Waals surface area contributed by atoms with E-state index in [1.807, 2.05) is 0 Å². The first-order valence-corrected chi connectivity index (χ1v) is 6.50. The maximum atomic E-state index is 13.8. The van der Waals surface area contributed by atoms with Crippen LogP contribution in [-0.2, 0) is 12.6 Å². The number of nitrogens with zero attached hydrogens (tertiary/aromatic N) is 2. The Hall–Kier alpha value is -2.50. The molecule has 0 aromatic heterocycles. The fourth-order valence-corrected chi connectivity index (χ4v) is 2.04. The molecule has 0 unspecified atom stereocenters. The zero-order chi connectivity index (χ0) is 20.5. The molecule has 0 fully saturated rings. The lowest BCUT2D eigenvalue weighted by molar-refractivity contribution is -0.143. The molecule has 142 valence electrons. The Morgan fingerprint density at radius 2 is 1.12 bits per heavy atom. The molecule has 0 heterocycles. The van der Waals surface area contributed by atoms with Crippen LogP contribution in [0.5, 0.6) is 0 Å². The molecule has 0 aliphatic heterocycles. The van der Waals surface area contributed by atoms with E-state index in [0.717, 1.165) is 12.1 Å². The zero-order valence-electron chi connectivity index (χ0n) is 12.3. The van der Waals surface area contributed by atoms with Gasteiger partial charge in [0.15, 0.2) is 23.3 Å². The van der Waals surface area contributed by atoms with Crippen molar-refractivity contribution < 1.29 is 43.9 Å². The van der Waals surface area contributed by atoms with E-state index in [2.05, 4.69) is 0 Å². The zero-order valence-corrected chi connectivity index (χ0v) is 12.3. The molecule has 1 aromatic rings. The summed E-state index contributed by atoms with van der Waals surface area (Å²) in [6.45, 7) is 0. The van der Waals surface area contributed by atoms with Crippen LogP contribution < -0.4 is 0 Å². The van der Waals surface area contributed by atoms with Crippen molar-refractivity contribution >= 4 is 0 Å². The molecule has 0 amide bonds. The van der Waals surface area contributed by atoms with Crippen LogP contribution in [0.15, 0.2) is 0 Å². The summed E-state index contributed by atoms with van der Waals surface area (Å²) in [4.78, 5) is 0. The number of benzene rings is 1. The molecule has 0 atom stereocenters. The van der Waals surface area contributed by atoms with Crippen molar-refractivity contribution in [2.45, 2.75) is 31.6 Å². The summed E-state index contributed by atoms with van der Waals surface area (Å²) in [7, 11) is 0. The number of hydrogen-bond donors (Lipinski definition) is 0. The topological polar surface area (TPSA) is 47.6 Å². The third kappa shape index (κ3) is 4.36. The molecular formula is C14H6F10N2. The van der Waals surface area contributed by atoms with E-state index >= 15 is 0 Å². The second-order valence-corrected chi connectivity index (χ2v) is 5.20. The minimum atomic E-state index is -5.80. The van der Waals surface area contributed by atoms with Gasteiger partial charge in [0, 0.05) is 18.4 Å². The average Bonchev–Trinajstić information content (AvgIpc) is 2.51. The lowest BCUT2D eigenvalue weighted by Gasteiger charge is -2.21. The molecule has 0 bridgehead atoms. The second-order valence-electron chi connectivity index (χ2n) is 5.20. The van der Waals surface area contributed by atoms with Crippen LogP contribution in [0.2, 0.25) is 0 Å². The fraction of sp³-hybridized carbons (Fsp3) is 0.429. The molecular weight excluding hydrogens is 386 g/mol. The maximum absolute atomic E-state index is 13.8. The van der Waals surface area contributed by atoms with Crippen molar-refractivity contribution in [3.8, 4) is 12.1 Å². The van der Waals surface area contributed by atoms with Gasteiger partial charge in [-0.1, -0.05) is 0 Å². The first-order chi connectivity index (χ1) is 11.7. The van der Waals surface area contributed by atoms with Crippen LogP contribution in [-0.4, -0.2) is 6.18 Å². The Morgan fingerprint density at radius 1 is 0.692 bits per heavy atom. The Labute approximate surface area is 139 Å². The molecule has 0 N–H and O–H groups in total. The van der Waals surface area contributed by atoms with Gasteiger partial charge >= 0.3 is 12.4 Å². The SMILES string of the molecule is N#CC(C#N)(CCC(F)(F)F)Cc1c(F)c(F)c(C(F)(F)F)c(F)c1F. The molecule has 0 saturated carbocycles. The Morgan fingerprint density at radius 3 is 1.42 bits per heavy atom. The van der Waals surface area contributed by atoms with Crippen LogP contribution in [0.3, 0.4) is 0 Å². The van der Waals surface area contributed by atoms with Gasteiger partial charge < -0.3 is 0 Å². The molecule has 1 rings (SSSR count). The van der Waals surface area contributed by atoms with Gasteiger partial charge in [-0.05, 0) is 6.42 Å². The number of nitriles is 2. The molecule has 12 heteroatoms. The van der Waals surface area contributed by atoms with Crippen molar-refractivity contribution in [1.29, 1.82) is 10.5 Å². The standard InChI is InChI=1S/C14H6F10N2/c15-8-6(3-12(4-25,5-26)1-2-13(19,20)21)9(16)11(18)7(10(8)17)14(22,23)24/h1-3H2. The third-order valence-corrected chi connectivity index (χ3v) is 3.38. The van der Waals surface area contributed by atoms with Gasteiger partial charge in [-0.3, -0.25) is 0 Å². The first kappa shape index (κ1) is 21.5. The fourth-order valence-electron chi connectivity index (χ4n) is 2.04. The van der Waals surface area contributed by atoms with Gasteiger partial charge in [0.1, 0.15) is 11.0 Å². The van der Waals surface area contributed by atoms with Gasteiger partial charge in [0.2, 0.25) is 0 Å². The van der Waals surface area contributed by atoms with Crippen molar-refractivity contribution in [1.82, 2.24) is 0 Å². The largest absolute Gasteiger partial charge is 0.422 e. The van der Waals surface area contributed by atoms with Crippen LogP contribution in [0.1, 0.15) is 24.0 Å². The molecule has 26 heavy (non-hydrogen) atoms. The van der Waals surface area contributed by atoms with Crippen LogP contribution >= 0.6 is 0 Å². The van der Waals surface area contributed by atoms with E-state index in [-0.39, 0.29) is 0 Å². The molecule has 1 aromatic carbocycles. The summed E-state index contributed by atoms with van der Waals surface area (Å²) in [6, 6.07) is 2.13. The smallest absolute Gasteiger partial charge is 0.203 e. The van der Waals surface area contributed by atoms with Crippen molar-refractivity contribution in [2.24, 2.45) is 5.41 Å². The molecule has 0 aliphatic carbocycles. The molecule has 0 saturated heterocycles. The summed E-state index contributed by atoms with van der Waals surface area (Å²) in [5.74, 6) is -10.7. The lowest BCUT2D eigenvalue weighted by atomic mass is 9.79. The van der Waals surface area contributed by atoms with Gasteiger partial charge in [0.05, 0.1) is 12.1 Å². The van der Waals surface area contributed by atoms with Gasteiger partial charge in [0.25, 0.3) is 0 Å². The molecule has 0 radical (unpaired) electrons. The Bertz CT molecular complexity index is 736. The highest BCUT2D eigenvalue weighted by molar-refractivity contribution is 5.34. The second kappa shape index (κ2) is 7.02. The molecule has 0 spiro atoms. The highest BCUT2D eigenvalue weighted by Gasteiger charge is 2.44. The van der Waals surface area contributed by atoms with Crippen LogP contribution in [0, 0.1) is 51.3 Å². The maximum Gasteiger partial charge on any atom is 0.422 e. The van der Waals surface area contributed by atoms with E-state index in [1.165, 1.54) is 0 Å². The van der Waals surface area contributed by atoms with Crippen LogP contribution in [0.25, 0.3) is 0 Å². The molecule has 2 nitrogen and oxygen atoms in total. The predicted octanol–water partition coefficient (Wildman–Crippen LogP) is 5.18. The average molecular weight is 392 g/mol. The normalized spacial score (nSPS) is 12.6. The van der Waals surface area contributed by atoms with Crippen molar-refractivity contribution in [3.63, 3.8) is 0 Å². The minimum Gasteiger partial charge on any atom is -0.203 e. The van der Waals surface area contributed by atoms with E-state index in [0.29, 0.717) is 0 Å². The van der Waals surface area contributed by atoms with E-state index in [1.54, 1.807) is 0 Å². The van der Waals surface area contributed by atoms with Gasteiger partial charge in [-0.25, -0.2) is 17.6 Å². The molecule has 0 aliphatic rings. The van der Waals surface area contributed by atoms with Crippen molar-refractivity contribution in [2.75, 3.05) is 0 Å². The summed E-state index contributed by atoms with van der Waals surface area (Å²) >= 11 is 0. The summed E-state index contributed by atoms with van der Waals surface area (Å²) in [5.41, 5.74) is -7.40. The van der Waals surface area contributed by atoms with Crippen LogP contribution in [0.4, 0.5) is 43.9 Å². The summed E-state index contributed by atoms with van der Waals surface area (Å²) < 4.78 is 129. The van der Waals surface area contributed by atoms with Crippen molar-refractivity contribution in [3.05, 3.63) is 34.4 Å². The van der Waals surface area contributed by atoms with E-state index < -0.39 is 71.4 Å².